The van der Waals surface area contributed by atoms with E-state index in [0.29, 0.717) is 29.2 Å². The second-order valence-electron chi connectivity index (χ2n) is 7.08. The van der Waals surface area contributed by atoms with E-state index in [1.807, 2.05) is 24.3 Å². The van der Waals surface area contributed by atoms with E-state index in [0.717, 1.165) is 15.6 Å². The molecule has 0 aliphatic carbocycles. The van der Waals surface area contributed by atoms with Gasteiger partial charge < -0.3 is 5.32 Å². The molecule has 0 atom stereocenters. The Morgan fingerprint density at radius 1 is 0.935 bits per heavy atom. The molecule has 0 aliphatic heterocycles. The molecule has 3 rings (SSSR count). The molecule has 0 heterocycles. The summed E-state index contributed by atoms with van der Waals surface area (Å²) in [5.41, 5.74) is 2.98. The van der Waals surface area contributed by atoms with Crippen molar-refractivity contribution in [1.29, 1.82) is 0 Å². The SMILES string of the molecule is CS(=O)(=O)N(Cc1ccc(C(=O)NCCc2ccc(Cl)cc2)cc1)c1ccc(Br)cc1. The van der Waals surface area contributed by atoms with Gasteiger partial charge in [-0.15, -0.1) is 0 Å². The van der Waals surface area contributed by atoms with Crippen LogP contribution in [0.1, 0.15) is 21.5 Å². The highest BCUT2D eigenvalue weighted by molar-refractivity contribution is 9.10. The zero-order valence-electron chi connectivity index (χ0n) is 16.9. The van der Waals surface area contributed by atoms with Crippen LogP contribution < -0.4 is 9.62 Å². The summed E-state index contributed by atoms with van der Waals surface area (Å²) >= 11 is 9.23. The van der Waals surface area contributed by atoms with E-state index in [2.05, 4.69) is 21.2 Å². The first-order valence-electron chi connectivity index (χ1n) is 9.57. The molecular formula is C23H22BrClN2O3S. The molecule has 31 heavy (non-hydrogen) atoms. The summed E-state index contributed by atoms with van der Waals surface area (Å²) in [7, 11) is -3.47. The van der Waals surface area contributed by atoms with Gasteiger partial charge in [0.2, 0.25) is 10.0 Å². The van der Waals surface area contributed by atoms with E-state index in [-0.39, 0.29) is 12.5 Å². The Hall–Kier alpha value is -2.35. The fraction of sp³-hybridized carbons (Fsp3) is 0.174. The average Bonchev–Trinajstić information content (AvgIpc) is 2.74. The number of benzene rings is 3. The summed E-state index contributed by atoms with van der Waals surface area (Å²) < 4.78 is 26.8. The van der Waals surface area contributed by atoms with Gasteiger partial charge in [0.25, 0.3) is 5.91 Å². The van der Waals surface area contributed by atoms with Crippen LogP contribution in [0.2, 0.25) is 5.02 Å². The van der Waals surface area contributed by atoms with E-state index < -0.39 is 10.0 Å². The Morgan fingerprint density at radius 3 is 2.10 bits per heavy atom. The lowest BCUT2D eigenvalue weighted by atomic mass is 10.1. The molecule has 0 saturated carbocycles. The second-order valence-corrected chi connectivity index (χ2v) is 10.3. The van der Waals surface area contributed by atoms with Crippen LogP contribution in [0.3, 0.4) is 0 Å². The van der Waals surface area contributed by atoms with Gasteiger partial charge in [0.1, 0.15) is 0 Å². The fourth-order valence-corrected chi connectivity index (χ4v) is 4.29. The second kappa shape index (κ2) is 10.3. The summed E-state index contributed by atoms with van der Waals surface area (Å²) in [5, 5.41) is 3.58. The summed E-state index contributed by atoms with van der Waals surface area (Å²) in [5.74, 6) is -0.173. The highest BCUT2D eigenvalue weighted by atomic mass is 79.9. The first kappa shape index (κ1) is 23.3. The average molecular weight is 522 g/mol. The number of halogens is 2. The van der Waals surface area contributed by atoms with E-state index in [4.69, 9.17) is 11.6 Å². The van der Waals surface area contributed by atoms with Crippen LogP contribution in [-0.2, 0) is 23.0 Å². The molecule has 1 amide bonds. The number of nitrogens with zero attached hydrogens (tertiary/aromatic N) is 1. The summed E-state index contributed by atoms with van der Waals surface area (Å²) in [6.45, 7) is 0.687. The number of carbonyl (C=O) groups excluding carboxylic acids is 1. The smallest absolute Gasteiger partial charge is 0.251 e. The number of sulfonamides is 1. The maximum Gasteiger partial charge on any atom is 0.251 e. The van der Waals surface area contributed by atoms with Gasteiger partial charge in [-0.3, -0.25) is 9.10 Å². The molecule has 0 bridgehead atoms. The van der Waals surface area contributed by atoms with Crippen LogP contribution in [0.5, 0.6) is 0 Å². The number of nitrogens with one attached hydrogen (secondary N) is 1. The molecule has 1 N–H and O–H groups in total. The maximum absolute atomic E-state index is 12.4. The van der Waals surface area contributed by atoms with E-state index >= 15 is 0 Å². The third-order valence-electron chi connectivity index (χ3n) is 4.67. The van der Waals surface area contributed by atoms with Gasteiger partial charge in [-0.2, -0.15) is 0 Å². The van der Waals surface area contributed by atoms with E-state index in [1.54, 1.807) is 48.5 Å². The van der Waals surface area contributed by atoms with Crippen molar-refractivity contribution in [3.63, 3.8) is 0 Å². The Kier molecular flexibility index (Phi) is 7.75. The highest BCUT2D eigenvalue weighted by Gasteiger charge is 2.18. The molecule has 3 aromatic rings. The number of anilines is 1. The lowest BCUT2D eigenvalue weighted by Gasteiger charge is -2.22. The van der Waals surface area contributed by atoms with Gasteiger partial charge in [-0.05, 0) is 66.1 Å². The predicted octanol–water partition coefficient (Wildman–Crippen LogP) is 5.04. The third-order valence-corrected chi connectivity index (χ3v) is 6.59. The van der Waals surface area contributed by atoms with Crippen molar-refractivity contribution in [3.05, 3.63) is 99.0 Å². The van der Waals surface area contributed by atoms with E-state index in [9.17, 15) is 13.2 Å². The molecule has 0 radical (unpaired) electrons. The Labute approximate surface area is 196 Å². The van der Waals surface area contributed by atoms with Crippen LogP contribution in [0, 0.1) is 0 Å². The lowest BCUT2D eigenvalue weighted by Crippen LogP contribution is -2.29. The molecule has 5 nitrogen and oxygen atoms in total. The minimum absolute atomic E-state index is 0.173. The van der Waals surface area contributed by atoms with Crippen molar-refractivity contribution in [2.75, 3.05) is 17.1 Å². The topological polar surface area (TPSA) is 66.5 Å². The van der Waals surface area contributed by atoms with Crippen LogP contribution in [0.15, 0.2) is 77.3 Å². The molecular weight excluding hydrogens is 500 g/mol. The minimum atomic E-state index is -3.47. The lowest BCUT2D eigenvalue weighted by molar-refractivity contribution is 0.0954. The molecule has 0 aliphatic rings. The number of rotatable bonds is 8. The van der Waals surface area contributed by atoms with Crippen LogP contribution >= 0.6 is 27.5 Å². The molecule has 3 aromatic carbocycles. The van der Waals surface area contributed by atoms with Gasteiger partial charge in [-0.25, -0.2) is 8.42 Å². The zero-order valence-corrected chi connectivity index (χ0v) is 20.0. The van der Waals surface area contributed by atoms with Crippen molar-refractivity contribution in [2.24, 2.45) is 0 Å². The van der Waals surface area contributed by atoms with Crippen molar-refractivity contribution < 1.29 is 13.2 Å². The molecule has 0 saturated heterocycles. The molecule has 8 heteroatoms. The standard InChI is InChI=1S/C23H22BrClN2O3S/c1-31(29,30)27(22-12-8-20(24)9-13-22)16-18-2-6-19(7-3-18)23(28)26-15-14-17-4-10-21(25)11-5-17/h2-13H,14-16H2,1H3,(H,26,28). The maximum atomic E-state index is 12.4. The Balaban J connectivity index is 1.62. The molecule has 0 unspecified atom stereocenters. The summed E-state index contributed by atoms with van der Waals surface area (Å²) in [4.78, 5) is 12.4. The number of carbonyl (C=O) groups is 1. The van der Waals surface area contributed by atoms with Crippen molar-refractivity contribution in [2.45, 2.75) is 13.0 Å². The monoisotopic (exact) mass is 520 g/mol. The van der Waals surface area contributed by atoms with Crippen LogP contribution in [-0.4, -0.2) is 27.1 Å². The third kappa shape index (κ3) is 6.82. The van der Waals surface area contributed by atoms with Gasteiger partial charge >= 0.3 is 0 Å². The number of amides is 1. The van der Waals surface area contributed by atoms with Crippen molar-refractivity contribution in [3.8, 4) is 0 Å². The zero-order chi connectivity index (χ0) is 22.4. The van der Waals surface area contributed by atoms with Crippen LogP contribution in [0.4, 0.5) is 5.69 Å². The summed E-state index contributed by atoms with van der Waals surface area (Å²) in [6, 6.07) is 21.5. The molecule has 0 aromatic heterocycles. The van der Waals surface area contributed by atoms with Crippen molar-refractivity contribution in [1.82, 2.24) is 5.32 Å². The largest absolute Gasteiger partial charge is 0.352 e. The fourth-order valence-electron chi connectivity index (χ4n) is 3.01. The minimum Gasteiger partial charge on any atom is -0.352 e. The highest BCUT2D eigenvalue weighted by Crippen LogP contribution is 2.23. The van der Waals surface area contributed by atoms with Crippen molar-refractivity contribution >= 4 is 49.1 Å². The van der Waals surface area contributed by atoms with Crippen LogP contribution in [0.25, 0.3) is 0 Å². The van der Waals surface area contributed by atoms with Gasteiger partial charge in [-0.1, -0.05) is 51.8 Å². The quantitative estimate of drug-likeness (QED) is 0.451. The Bertz CT molecular complexity index is 1130. The van der Waals surface area contributed by atoms with Gasteiger partial charge in [0.15, 0.2) is 0 Å². The first-order chi connectivity index (χ1) is 14.7. The normalized spacial score (nSPS) is 11.2. The molecule has 0 fully saturated rings. The van der Waals surface area contributed by atoms with Gasteiger partial charge in [0, 0.05) is 21.6 Å². The molecule has 0 spiro atoms. The number of hydrogen-bond acceptors (Lipinski definition) is 3. The van der Waals surface area contributed by atoms with E-state index in [1.165, 1.54) is 10.6 Å². The van der Waals surface area contributed by atoms with Gasteiger partial charge in [0.05, 0.1) is 18.5 Å². The number of hydrogen-bond donors (Lipinski definition) is 1. The molecule has 162 valence electrons. The first-order valence-corrected chi connectivity index (χ1v) is 12.6. The Morgan fingerprint density at radius 2 is 1.52 bits per heavy atom. The summed E-state index contributed by atoms with van der Waals surface area (Å²) in [6.07, 6.45) is 1.88. The predicted molar refractivity (Wildman–Crippen MR) is 129 cm³/mol.